The molecule has 4 nitrogen and oxygen atoms in total. The second-order valence-corrected chi connectivity index (χ2v) is 7.64. The van der Waals surface area contributed by atoms with Gasteiger partial charge in [0.2, 0.25) is 0 Å². The van der Waals surface area contributed by atoms with Gasteiger partial charge in [0.15, 0.2) is 0 Å². The number of aryl methyl sites for hydroxylation is 2. The molecule has 0 saturated carbocycles. The van der Waals surface area contributed by atoms with Crippen LogP contribution in [0, 0.1) is 17.4 Å². The van der Waals surface area contributed by atoms with Crippen LogP contribution in [0.25, 0.3) is 5.69 Å². The second kappa shape index (κ2) is 8.52. The maximum atomic E-state index is 12.2. The van der Waals surface area contributed by atoms with Crippen molar-refractivity contribution >= 4 is 34.7 Å². The molecule has 2 aromatic carbocycles. The van der Waals surface area contributed by atoms with Crippen LogP contribution in [-0.2, 0) is 6.42 Å². The lowest BCUT2D eigenvalue weighted by Crippen LogP contribution is -2.17. The number of hydrogen-bond acceptors (Lipinski definition) is 2. The summed E-state index contributed by atoms with van der Waals surface area (Å²) in [5, 5.41) is 4.14. The van der Waals surface area contributed by atoms with Gasteiger partial charge in [-0.3, -0.25) is 4.79 Å². The molecule has 0 unspecified atom stereocenters. The molecule has 0 spiro atoms. The molecule has 0 atom stereocenters. The molecule has 138 valence electrons. The second-order valence-electron chi connectivity index (χ2n) is 6.39. The number of aromatic nitrogens is 1. The van der Waals surface area contributed by atoms with Crippen molar-refractivity contribution in [1.82, 2.24) is 9.99 Å². The van der Waals surface area contributed by atoms with Crippen molar-refractivity contribution in [3.63, 3.8) is 0 Å². The Balaban J connectivity index is 1.77. The van der Waals surface area contributed by atoms with E-state index < -0.39 is 0 Å². The van der Waals surface area contributed by atoms with E-state index in [9.17, 15) is 4.79 Å². The standard InChI is InChI=1S/C22H22IN3O/c1-4-17-8-10-21(11-9-17)26-15(2)12-19(16(26)3)14-24-25-22(27)18-6-5-7-20(23)13-18/h5-14H,4H2,1-3H3,(H,25,27)/b24-14-. The summed E-state index contributed by atoms with van der Waals surface area (Å²) in [5.41, 5.74) is 8.85. The van der Waals surface area contributed by atoms with Crippen molar-refractivity contribution in [3.05, 3.63) is 86.2 Å². The number of halogens is 1. The third-order valence-corrected chi connectivity index (χ3v) is 5.20. The Morgan fingerprint density at radius 3 is 2.56 bits per heavy atom. The molecule has 0 bridgehead atoms. The Hall–Kier alpha value is -2.41. The van der Waals surface area contributed by atoms with Crippen LogP contribution in [-0.4, -0.2) is 16.7 Å². The van der Waals surface area contributed by atoms with Crippen molar-refractivity contribution in [3.8, 4) is 5.69 Å². The van der Waals surface area contributed by atoms with Gasteiger partial charge in [-0.25, -0.2) is 5.43 Å². The maximum absolute atomic E-state index is 12.2. The van der Waals surface area contributed by atoms with E-state index in [1.807, 2.05) is 18.2 Å². The van der Waals surface area contributed by atoms with Crippen LogP contribution in [0.1, 0.15) is 39.8 Å². The maximum Gasteiger partial charge on any atom is 0.271 e. The molecule has 3 aromatic rings. The highest BCUT2D eigenvalue weighted by molar-refractivity contribution is 14.1. The van der Waals surface area contributed by atoms with Gasteiger partial charge in [-0.1, -0.05) is 25.1 Å². The first-order chi connectivity index (χ1) is 13.0. The normalized spacial score (nSPS) is 11.1. The monoisotopic (exact) mass is 471 g/mol. The molecule has 5 heteroatoms. The summed E-state index contributed by atoms with van der Waals surface area (Å²) in [7, 11) is 0. The van der Waals surface area contributed by atoms with E-state index in [0.29, 0.717) is 5.56 Å². The van der Waals surface area contributed by atoms with E-state index in [2.05, 4.69) is 88.8 Å². The van der Waals surface area contributed by atoms with Crippen molar-refractivity contribution in [2.45, 2.75) is 27.2 Å². The SMILES string of the molecule is CCc1ccc(-n2c(C)cc(/C=N\NC(=O)c3cccc(I)c3)c2C)cc1. The molecule has 0 radical (unpaired) electrons. The van der Waals surface area contributed by atoms with Gasteiger partial charge in [0.1, 0.15) is 0 Å². The Morgan fingerprint density at radius 2 is 1.89 bits per heavy atom. The molecular formula is C22H22IN3O. The molecule has 0 fully saturated rings. The summed E-state index contributed by atoms with van der Waals surface area (Å²) >= 11 is 2.19. The molecule has 27 heavy (non-hydrogen) atoms. The topological polar surface area (TPSA) is 46.4 Å². The van der Waals surface area contributed by atoms with Crippen LogP contribution >= 0.6 is 22.6 Å². The van der Waals surface area contributed by atoms with Gasteiger partial charge in [0.05, 0.1) is 6.21 Å². The summed E-state index contributed by atoms with van der Waals surface area (Å²) in [6.07, 6.45) is 2.73. The highest BCUT2D eigenvalue weighted by atomic mass is 127. The summed E-state index contributed by atoms with van der Waals surface area (Å²) in [6, 6.07) is 18.1. The molecule has 1 aromatic heterocycles. The number of hydrogen-bond donors (Lipinski definition) is 1. The quantitative estimate of drug-likeness (QED) is 0.317. The zero-order valence-electron chi connectivity index (χ0n) is 15.7. The number of carbonyl (C=O) groups excluding carboxylic acids is 1. The van der Waals surface area contributed by atoms with Crippen molar-refractivity contribution in [2.24, 2.45) is 5.10 Å². The number of nitrogens with one attached hydrogen (secondary N) is 1. The lowest BCUT2D eigenvalue weighted by Gasteiger charge is -2.10. The molecule has 0 aliphatic carbocycles. The van der Waals surface area contributed by atoms with Crippen LogP contribution < -0.4 is 5.43 Å². The Morgan fingerprint density at radius 1 is 1.15 bits per heavy atom. The van der Waals surface area contributed by atoms with E-state index in [4.69, 9.17) is 0 Å². The fourth-order valence-electron chi connectivity index (χ4n) is 3.05. The average Bonchev–Trinajstić information content (AvgIpc) is 2.95. The molecule has 1 N–H and O–H groups in total. The molecule has 0 aliphatic rings. The minimum absolute atomic E-state index is 0.214. The van der Waals surface area contributed by atoms with Gasteiger partial charge in [-0.05, 0) is 84.8 Å². The average molecular weight is 471 g/mol. The Kier molecular flexibility index (Phi) is 6.11. The number of nitrogens with zero attached hydrogens (tertiary/aromatic N) is 2. The molecule has 0 aliphatic heterocycles. The van der Waals surface area contributed by atoms with Gasteiger partial charge in [-0.15, -0.1) is 0 Å². The largest absolute Gasteiger partial charge is 0.318 e. The van der Waals surface area contributed by atoms with Crippen LogP contribution in [0.15, 0.2) is 59.7 Å². The molecular weight excluding hydrogens is 449 g/mol. The lowest BCUT2D eigenvalue weighted by atomic mass is 10.1. The van der Waals surface area contributed by atoms with Gasteiger partial charge in [0.25, 0.3) is 5.91 Å². The lowest BCUT2D eigenvalue weighted by molar-refractivity contribution is 0.0955. The number of rotatable bonds is 5. The Labute approximate surface area is 173 Å². The zero-order chi connectivity index (χ0) is 19.4. The van der Waals surface area contributed by atoms with Gasteiger partial charge < -0.3 is 4.57 Å². The molecule has 0 saturated heterocycles. The first-order valence-electron chi connectivity index (χ1n) is 8.87. The smallest absolute Gasteiger partial charge is 0.271 e. The van der Waals surface area contributed by atoms with Crippen LogP contribution in [0.2, 0.25) is 0 Å². The first-order valence-corrected chi connectivity index (χ1v) is 9.94. The van der Waals surface area contributed by atoms with Crippen molar-refractivity contribution in [1.29, 1.82) is 0 Å². The van der Waals surface area contributed by atoms with Crippen LogP contribution in [0.5, 0.6) is 0 Å². The van der Waals surface area contributed by atoms with E-state index in [1.54, 1.807) is 12.3 Å². The first kappa shape index (κ1) is 19.4. The summed E-state index contributed by atoms with van der Waals surface area (Å²) in [6.45, 7) is 6.28. The van der Waals surface area contributed by atoms with Crippen molar-refractivity contribution < 1.29 is 4.79 Å². The highest BCUT2D eigenvalue weighted by Gasteiger charge is 2.10. The predicted octanol–water partition coefficient (Wildman–Crippen LogP) is 5.03. The van der Waals surface area contributed by atoms with Gasteiger partial charge >= 0.3 is 0 Å². The highest BCUT2D eigenvalue weighted by Crippen LogP contribution is 2.20. The minimum Gasteiger partial charge on any atom is -0.318 e. The summed E-state index contributed by atoms with van der Waals surface area (Å²) < 4.78 is 3.21. The van der Waals surface area contributed by atoms with Gasteiger partial charge in [0, 0.05) is 31.8 Å². The molecule has 1 heterocycles. The fraction of sp³-hybridized carbons (Fsp3) is 0.182. The number of amides is 1. The number of benzene rings is 2. The Bertz CT molecular complexity index is 987. The zero-order valence-corrected chi connectivity index (χ0v) is 17.8. The minimum atomic E-state index is -0.214. The van der Waals surface area contributed by atoms with Gasteiger partial charge in [-0.2, -0.15) is 5.10 Å². The van der Waals surface area contributed by atoms with E-state index >= 15 is 0 Å². The van der Waals surface area contributed by atoms with E-state index in [-0.39, 0.29) is 5.91 Å². The molecule has 3 rings (SSSR count). The summed E-state index contributed by atoms with van der Waals surface area (Å²) in [4.78, 5) is 12.2. The van der Waals surface area contributed by atoms with E-state index in [1.165, 1.54) is 5.56 Å². The molecule has 1 amide bonds. The third kappa shape index (κ3) is 4.47. The summed E-state index contributed by atoms with van der Waals surface area (Å²) in [5.74, 6) is -0.214. The number of carbonyl (C=O) groups is 1. The van der Waals surface area contributed by atoms with Crippen molar-refractivity contribution in [2.75, 3.05) is 0 Å². The third-order valence-electron chi connectivity index (χ3n) is 4.53. The predicted molar refractivity (Wildman–Crippen MR) is 119 cm³/mol. The van der Waals surface area contributed by atoms with Crippen LogP contribution in [0.4, 0.5) is 0 Å². The van der Waals surface area contributed by atoms with E-state index in [0.717, 1.165) is 32.6 Å². The van der Waals surface area contributed by atoms with Crippen LogP contribution in [0.3, 0.4) is 0 Å². The number of hydrazone groups is 1. The fourth-order valence-corrected chi connectivity index (χ4v) is 3.59.